The first kappa shape index (κ1) is 19.4. The molecule has 6 nitrogen and oxygen atoms in total. The lowest BCUT2D eigenvalue weighted by atomic mass is 10.0. The fraction of sp³-hybridized carbons (Fsp3) is 0.294. The minimum atomic E-state index is -3.87. The van der Waals surface area contributed by atoms with Crippen LogP contribution in [0.4, 0.5) is 5.69 Å². The topological polar surface area (TPSA) is 80.5 Å². The van der Waals surface area contributed by atoms with E-state index < -0.39 is 20.6 Å². The first-order valence-electron chi connectivity index (χ1n) is 7.62. The lowest BCUT2D eigenvalue weighted by molar-refractivity contribution is -0.384. The molecule has 0 spiro atoms. The summed E-state index contributed by atoms with van der Waals surface area (Å²) >= 11 is 5.74. The predicted molar refractivity (Wildman–Crippen MR) is 97.3 cm³/mol. The van der Waals surface area contributed by atoms with Gasteiger partial charge in [-0.25, -0.2) is 8.42 Å². The Morgan fingerprint density at radius 2 is 1.76 bits per heavy atom. The quantitative estimate of drug-likeness (QED) is 0.554. The van der Waals surface area contributed by atoms with Crippen LogP contribution in [0.25, 0.3) is 0 Å². The molecule has 0 bridgehead atoms. The van der Waals surface area contributed by atoms with Crippen LogP contribution in [-0.2, 0) is 16.6 Å². The molecule has 0 atom stereocenters. The van der Waals surface area contributed by atoms with E-state index in [0.29, 0.717) is 5.92 Å². The molecular weight excluding hydrogens is 364 g/mol. The van der Waals surface area contributed by atoms with Crippen molar-refractivity contribution in [1.29, 1.82) is 0 Å². The molecule has 2 aromatic carbocycles. The van der Waals surface area contributed by atoms with Gasteiger partial charge in [0.2, 0.25) is 10.0 Å². The minimum Gasteiger partial charge on any atom is -0.258 e. The summed E-state index contributed by atoms with van der Waals surface area (Å²) in [5.41, 5.74) is 1.57. The van der Waals surface area contributed by atoms with Gasteiger partial charge in [-0.1, -0.05) is 49.7 Å². The molecule has 0 N–H and O–H groups in total. The van der Waals surface area contributed by atoms with Gasteiger partial charge in [0.1, 0.15) is 5.02 Å². The zero-order valence-corrected chi connectivity index (χ0v) is 15.7. The average Bonchev–Trinajstić information content (AvgIpc) is 2.55. The maximum absolute atomic E-state index is 12.7. The Morgan fingerprint density at radius 3 is 2.28 bits per heavy atom. The molecule has 134 valence electrons. The van der Waals surface area contributed by atoms with E-state index in [9.17, 15) is 18.5 Å². The van der Waals surface area contributed by atoms with Gasteiger partial charge in [-0.2, -0.15) is 4.31 Å². The Kier molecular flexibility index (Phi) is 5.82. The highest BCUT2D eigenvalue weighted by atomic mass is 35.5. The number of hydrogen-bond donors (Lipinski definition) is 0. The van der Waals surface area contributed by atoms with Gasteiger partial charge in [-0.3, -0.25) is 10.1 Å². The highest BCUT2D eigenvalue weighted by molar-refractivity contribution is 7.89. The van der Waals surface area contributed by atoms with Crippen LogP contribution in [0.5, 0.6) is 0 Å². The SMILES string of the molecule is CC(C)c1ccc(CN(C)S(=O)(=O)c2ccc(Cl)c([N+](=O)[O-])c2)cc1. The van der Waals surface area contributed by atoms with Crippen molar-refractivity contribution in [2.24, 2.45) is 0 Å². The summed E-state index contributed by atoms with van der Waals surface area (Å²) in [6, 6.07) is 11.2. The van der Waals surface area contributed by atoms with Gasteiger partial charge >= 0.3 is 0 Å². The van der Waals surface area contributed by atoms with Crippen molar-refractivity contribution in [2.45, 2.75) is 31.2 Å². The highest BCUT2D eigenvalue weighted by Gasteiger charge is 2.24. The van der Waals surface area contributed by atoms with E-state index >= 15 is 0 Å². The van der Waals surface area contributed by atoms with Crippen LogP contribution < -0.4 is 0 Å². The Hall–Kier alpha value is -1.96. The highest BCUT2D eigenvalue weighted by Crippen LogP contribution is 2.28. The van der Waals surface area contributed by atoms with Gasteiger partial charge in [0, 0.05) is 19.7 Å². The van der Waals surface area contributed by atoms with Crippen LogP contribution in [-0.4, -0.2) is 24.7 Å². The Labute approximate surface area is 152 Å². The predicted octanol–water partition coefficient (Wildman–Crippen LogP) is 4.19. The number of sulfonamides is 1. The maximum atomic E-state index is 12.7. The summed E-state index contributed by atoms with van der Waals surface area (Å²) in [7, 11) is -2.43. The second kappa shape index (κ2) is 7.51. The van der Waals surface area contributed by atoms with Crippen molar-refractivity contribution in [3.63, 3.8) is 0 Å². The van der Waals surface area contributed by atoms with E-state index in [2.05, 4.69) is 13.8 Å². The number of benzene rings is 2. The van der Waals surface area contributed by atoms with E-state index in [0.717, 1.165) is 15.9 Å². The minimum absolute atomic E-state index is 0.101. The number of nitro benzene ring substituents is 1. The molecule has 0 aromatic heterocycles. The molecule has 0 aliphatic rings. The largest absolute Gasteiger partial charge is 0.289 e. The lowest BCUT2D eigenvalue weighted by Crippen LogP contribution is -2.26. The Bertz CT molecular complexity index is 880. The molecule has 0 amide bonds. The monoisotopic (exact) mass is 382 g/mol. The molecule has 2 aromatic rings. The van der Waals surface area contributed by atoms with Gasteiger partial charge in [0.05, 0.1) is 9.82 Å². The number of nitro groups is 1. The molecule has 8 heteroatoms. The first-order chi connectivity index (χ1) is 11.6. The number of halogens is 1. The second-order valence-corrected chi connectivity index (χ2v) is 8.48. The van der Waals surface area contributed by atoms with Crippen molar-refractivity contribution < 1.29 is 13.3 Å². The molecule has 0 heterocycles. The van der Waals surface area contributed by atoms with Gasteiger partial charge < -0.3 is 0 Å². The number of rotatable bonds is 6. The van der Waals surface area contributed by atoms with E-state index in [-0.39, 0.29) is 16.5 Å². The van der Waals surface area contributed by atoms with Crippen LogP contribution in [0.2, 0.25) is 5.02 Å². The molecular formula is C17H19ClN2O4S. The summed E-state index contributed by atoms with van der Waals surface area (Å²) < 4.78 is 26.5. The summed E-state index contributed by atoms with van der Waals surface area (Å²) in [5, 5.41) is 10.9. The van der Waals surface area contributed by atoms with E-state index in [1.807, 2.05) is 24.3 Å². The zero-order chi connectivity index (χ0) is 18.8. The molecule has 0 saturated heterocycles. The first-order valence-corrected chi connectivity index (χ1v) is 9.44. The maximum Gasteiger partial charge on any atom is 0.289 e. The molecule has 2 rings (SSSR count). The summed E-state index contributed by atoms with van der Waals surface area (Å²) in [4.78, 5) is 10.1. The Balaban J connectivity index is 2.27. The van der Waals surface area contributed by atoms with Gasteiger partial charge in [-0.15, -0.1) is 0 Å². The van der Waals surface area contributed by atoms with Gasteiger partial charge in [-0.05, 0) is 29.2 Å². The number of hydrogen-bond acceptors (Lipinski definition) is 4. The van der Waals surface area contributed by atoms with Gasteiger partial charge in [0.15, 0.2) is 0 Å². The van der Waals surface area contributed by atoms with Crippen LogP contribution >= 0.6 is 11.6 Å². The third-order valence-corrected chi connectivity index (χ3v) is 5.99. The fourth-order valence-electron chi connectivity index (χ4n) is 2.32. The molecule has 0 radical (unpaired) electrons. The van der Waals surface area contributed by atoms with Crippen LogP contribution in [0.15, 0.2) is 47.4 Å². The van der Waals surface area contributed by atoms with Crippen molar-refractivity contribution in [2.75, 3.05) is 7.05 Å². The molecule has 0 aliphatic heterocycles. The van der Waals surface area contributed by atoms with Crippen LogP contribution in [0, 0.1) is 10.1 Å². The van der Waals surface area contributed by atoms with E-state index in [1.165, 1.54) is 24.7 Å². The zero-order valence-electron chi connectivity index (χ0n) is 14.1. The van der Waals surface area contributed by atoms with E-state index in [4.69, 9.17) is 11.6 Å². The van der Waals surface area contributed by atoms with Crippen molar-refractivity contribution in [3.05, 3.63) is 68.7 Å². The Morgan fingerprint density at radius 1 is 1.16 bits per heavy atom. The lowest BCUT2D eigenvalue weighted by Gasteiger charge is -2.18. The summed E-state index contributed by atoms with van der Waals surface area (Å²) in [6.45, 7) is 4.33. The third-order valence-electron chi connectivity index (χ3n) is 3.87. The average molecular weight is 383 g/mol. The fourth-order valence-corrected chi connectivity index (χ4v) is 3.69. The molecule has 25 heavy (non-hydrogen) atoms. The second-order valence-electron chi connectivity index (χ2n) is 6.03. The molecule has 0 unspecified atom stereocenters. The molecule has 0 aliphatic carbocycles. The summed E-state index contributed by atoms with van der Waals surface area (Å²) in [6.07, 6.45) is 0. The van der Waals surface area contributed by atoms with Crippen molar-refractivity contribution in [3.8, 4) is 0 Å². The van der Waals surface area contributed by atoms with Crippen LogP contribution in [0.3, 0.4) is 0 Å². The smallest absolute Gasteiger partial charge is 0.258 e. The molecule has 0 fully saturated rings. The van der Waals surface area contributed by atoms with Crippen LogP contribution in [0.1, 0.15) is 30.9 Å². The van der Waals surface area contributed by atoms with Gasteiger partial charge in [0.25, 0.3) is 5.69 Å². The van der Waals surface area contributed by atoms with Crippen molar-refractivity contribution in [1.82, 2.24) is 4.31 Å². The van der Waals surface area contributed by atoms with Crippen molar-refractivity contribution >= 4 is 27.3 Å². The molecule has 0 saturated carbocycles. The third kappa shape index (κ3) is 4.36. The standard InChI is InChI=1S/C17H19ClN2O4S/c1-12(2)14-6-4-13(5-7-14)11-19(3)25(23,24)15-8-9-16(18)17(10-15)20(21)22/h4-10,12H,11H2,1-3H3. The summed E-state index contributed by atoms with van der Waals surface area (Å²) in [5.74, 6) is 0.394. The van der Waals surface area contributed by atoms with E-state index in [1.54, 1.807) is 0 Å². The number of nitrogens with zero attached hydrogens (tertiary/aromatic N) is 2. The normalized spacial score (nSPS) is 11.9.